The van der Waals surface area contributed by atoms with Crippen molar-refractivity contribution in [1.29, 1.82) is 0 Å². The van der Waals surface area contributed by atoms with Crippen molar-refractivity contribution in [3.8, 4) is 0 Å². The lowest BCUT2D eigenvalue weighted by atomic mass is 10.1. The number of nitrogens with zero attached hydrogens (tertiary/aromatic N) is 2. The van der Waals surface area contributed by atoms with Gasteiger partial charge in [0.2, 0.25) is 0 Å². The maximum atomic E-state index is 13.6. The fourth-order valence-corrected chi connectivity index (χ4v) is 2.05. The number of hydrogen-bond acceptors (Lipinski definition) is 2. The third-order valence-corrected chi connectivity index (χ3v) is 3.47. The van der Waals surface area contributed by atoms with Gasteiger partial charge in [-0.2, -0.15) is 5.10 Å². The molecule has 0 spiro atoms. The van der Waals surface area contributed by atoms with E-state index < -0.39 is 17.7 Å². The molecule has 2 aromatic rings. The van der Waals surface area contributed by atoms with Crippen LogP contribution >= 0.6 is 0 Å². The largest absolute Gasteiger partial charge is 0.322 e. The summed E-state index contributed by atoms with van der Waals surface area (Å²) in [5, 5.41) is 4.35. The zero-order valence-corrected chi connectivity index (χ0v) is 11.2. The van der Waals surface area contributed by atoms with Crippen LogP contribution in [0.3, 0.4) is 0 Å². The summed E-state index contributed by atoms with van der Waals surface area (Å²) in [4.78, 5) is 0. The van der Waals surface area contributed by atoms with Crippen molar-refractivity contribution in [1.82, 2.24) is 9.78 Å². The van der Waals surface area contributed by atoms with Gasteiger partial charge in [0.1, 0.15) is 11.6 Å². The van der Waals surface area contributed by atoms with Crippen LogP contribution < -0.4 is 5.73 Å². The van der Waals surface area contributed by atoms with E-state index in [1.807, 2.05) is 20.8 Å². The van der Waals surface area contributed by atoms with Crippen molar-refractivity contribution >= 4 is 0 Å². The second kappa shape index (κ2) is 5.09. The maximum Gasteiger partial charge on any atom is 0.128 e. The van der Waals surface area contributed by atoms with E-state index in [1.54, 1.807) is 4.68 Å². The average molecular weight is 265 g/mol. The molecule has 0 fully saturated rings. The molecule has 1 aromatic heterocycles. The van der Waals surface area contributed by atoms with Crippen LogP contribution in [0, 0.1) is 32.4 Å². The molecule has 19 heavy (non-hydrogen) atoms. The molecule has 1 aromatic carbocycles. The molecule has 5 heteroatoms. The Morgan fingerprint density at radius 2 is 1.95 bits per heavy atom. The number of nitrogens with two attached hydrogens (primary N) is 1. The van der Waals surface area contributed by atoms with Crippen LogP contribution in [0.4, 0.5) is 8.78 Å². The predicted octanol–water partition coefficient (Wildman–Crippen LogP) is 2.79. The number of halogens is 2. The molecule has 0 aliphatic rings. The average Bonchev–Trinajstić information content (AvgIpc) is 2.60. The van der Waals surface area contributed by atoms with Crippen molar-refractivity contribution in [2.24, 2.45) is 5.73 Å². The molecule has 0 saturated carbocycles. The number of rotatable bonds is 3. The number of hydrogen-bond donors (Lipinski definition) is 1. The molecule has 2 rings (SSSR count). The Hall–Kier alpha value is -1.75. The van der Waals surface area contributed by atoms with Crippen molar-refractivity contribution in [3.63, 3.8) is 0 Å². The summed E-state index contributed by atoms with van der Waals surface area (Å²) in [6, 6.07) is 2.68. The van der Waals surface area contributed by atoms with Crippen LogP contribution in [0.2, 0.25) is 0 Å². The van der Waals surface area contributed by atoms with Crippen molar-refractivity contribution in [2.45, 2.75) is 33.4 Å². The Morgan fingerprint density at radius 3 is 2.53 bits per heavy atom. The zero-order valence-electron chi connectivity index (χ0n) is 11.2. The predicted molar refractivity (Wildman–Crippen MR) is 69.7 cm³/mol. The number of benzene rings is 1. The van der Waals surface area contributed by atoms with Crippen molar-refractivity contribution < 1.29 is 8.78 Å². The van der Waals surface area contributed by atoms with E-state index in [4.69, 9.17) is 5.73 Å². The lowest BCUT2D eigenvalue weighted by Crippen LogP contribution is -2.20. The summed E-state index contributed by atoms with van der Waals surface area (Å²) in [6.45, 7) is 6.14. The van der Waals surface area contributed by atoms with Gasteiger partial charge >= 0.3 is 0 Å². The Morgan fingerprint density at radius 1 is 1.26 bits per heavy atom. The second-order valence-corrected chi connectivity index (χ2v) is 4.75. The van der Waals surface area contributed by atoms with E-state index >= 15 is 0 Å². The van der Waals surface area contributed by atoms with Gasteiger partial charge in [-0.3, -0.25) is 4.68 Å². The van der Waals surface area contributed by atoms with Gasteiger partial charge in [0.25, 0.3) is 0 Å². The first-order chi connectivity index (χ1) is 8.90. The van der Waals surface area contributed by atoms with E-state index in [2.05, 4.69) is 5.10 Å². The fourth-order valence-electron chi connectivity index (χ4n) is 2.05. The van der Waals surface area contributed by atoms with Crippen LogP contribution in [0.5, 0.6) is 0 Å². The Balaban J connectivity index is 2.27. The first-order valence-corrected chi connectivity index (χ1v) is 6.11. The third kappa shape index (κ3) is 2.66. The van der Waals surface area contributed by atoms with Gasteiger partial charge in [-0.15, -0.1) is 0 Å². The third-order valence-electron chi connectivity index (χ3n) is 3.47. The quantitative estimate of drug-likeness (QED) is 0.927. The van der Waals surface area contributed by atoms with Crippen LogP contribution in [0.25, 0.3) is 0 Å². The smallest absolute Gasteiger partial charge is 0.128 e. The van der Waals surface area contributed by atoms with Gasteiger partial charge in [-0.25, -0.2) is 8.78 Å². The van der Waals surface area contributed by atoms with E-state index in [1.165, 1.54) is 0 Å². The fraction of sp³-hybridized carbons (Fsp3) is 0.357. The van der Waals surface area contributed by atoms with Gasteiger partial charge in [0.05, 0.1) is 18.3 Å². The minimum absolute atomic E-state index is 0.171. The monoisotopic (exact) mass is 265 g/mol. The van der Waals surface area contributed by atoms with Crippen LogP contribution in [-0.2, 0) is 6.54 Å². The van der Waals surface area contributed by atoms with E-state index in [0.29, 0.717) is 6.54 Å². The van der Waals surface area contributed by atoms with Gasteiger partial charge in [0, 0.05) is 11.3 Å². The Kier molecular flexibility index (Phi) is 3.66. The summed E-state index contributed by atoms with van der Waals surface area (Å²) < 4.78 is 28.5. The minimum atomic E-state index is -0.631. The standard InChI is InChI=1S/C14H17F2N3/c1-8-9(2)18-19(10(8)3)7-14(17)12-6-11(15)4-5-13(12)16/h4-6,14H,7,17H2,1-3H3. The Bertz CT molecular complexity index is 605. The molecular formula is C14H17F2N3. The van der Waals surface area contributed by atoms with Gasteiger partial charge in [-0.05, 0) is 44.5 Å². The molecule has 102 valence electrons. The van der Waals surface area contributed by atoms with Crippen molar-refractivity contribution in [3.05, 3.63) is 52.3 Å². The summed E-state index contributed by atoms with van der Waals surface area (Å²) in [5.74, 6) is -0.983. The van der Waals surface area contributed by atoms with E-state index in [9.17, 15) is 8.78 Å². The minimum Gasteiger partial charge on any atom is -0.322 e. The molecule has 0 radical (unpaired) electrons. The first-order valence-electron chi connectivity index (χ1n) is 6.11. The molecule has 0 saturated heterocycles. The molecule has 0 amide bonds. The Labute approximate surface area is 111 Å². The van der Waals surface area contributed by atoms with Crippen molar-refractivity contribution in [2.75, 3.05) is 0 Å². The van der Waals surface area contributed by atoms with Crippen LogP contribution in [0.1, 0.15) is 28.6 Å². The molecule has 0 aliphatic heterocycles. The summed E-state index contributed by atoms with van der Waals surface area (Å²) >= 11 is 0. The van der Waals surface area contributed by atoms with Gasteiger partial charge in [0.15, 0.2) is 0 Å². The summed E-state index contributed by atoms with van der Waals surface area (Å²) in [6.07, 6.45) is 0. The first kappa shape index (κ1) is 13.7. The highest BCUT2D eigenvalue weighted by Gasteiger charge is 2.16. The number of aryl methyl sites for hydroxylation is 1. The molecule has 3 nitrogen and oxygen atoms in total. The topological polar surface area (TPSA) is 43.8 Å². The molecule has 0 bridgehead atoms. The normalized spacial score (nSPS) is 12.7. The molecular weight excluding hydrogens is 248 g/mol. The maximum absolute atomic E-state index is 13.6. The van der Waals surface area contributed by atoms with Crippen LogP contribution in [0.15, 0.2) is 18.2 Å². The molecule has 1 atom stereocenters. The molecule has 1 heterocycles. The SMILES string of the molecule is Cc1nn(CC(N)c2cc(F)ccc2F)c(C)c1C. The summed E-state index contributed by atoms with van der Waals surface area (Å²) in [7, 11) is 0. The highest BCUT2D eigenvalue weighted by molar-refractivity contribution is 5.24. The van der Waals surface area contributed by atoms with Crippen LogP contribution in [-0.4, -0.2) is 9.78 Å². The highest BCUT2D eigenvalue weighted by Crippen LogP contribution is 2.20. The second-order valence-electron chi connectivity index (χ2n) is 4.75. The molecule has 0 aliphatic carbocycles. The zero-order chi connectivity index (χ0) is 14.2. The lowest BCUT2D eigenvalue weighted by molar-refractivity contribution is 0.487. The van der Waals surface area contributed by atoms with E-state index in [0.717, 1.165) is 35.2 Å². The highest BCUT2D eigenvalue weighted by atomic mass is 19.1. The van der Waals surface area contributed by atoms with Gasteiger partial charge in [-0.1, -0.05) is 0 Å². The van der Waals surface area contributed by atoms with Gasteiger partial charge < -0.3 is 5.73 Å². The number of aromatic nitrogens is 2. The summed E-state index contributed by atoms with van der Waals surface area (Å²) in [5.41, 5.74) is 9.13. The molecule has 2 N–H and O–H groups in total. The molecule has 1 unspecified atom stereocenters. The van der Waals surface area contributed by atoms with E-state index in [-0.39, 0.29) is 5.56 Å². The lowest BCUT2D eigenvalue weighted by Gasteiger charge is -2.14.